The van der Waals surface area contributed by atoms with Crippen LogP contribution >= 0.6 is 12.4 Å². The van der Waals surface area contributed by atoms with Gasteiger partial charge < -0.3 is 10.6 Å². The fraction of sp³-hybridized carbons (Fsp3) is 0.917. The number of hydrogen-bond acceptors (Lipinski definition) is 2. The molecule has 3 nitrogen and oxygen atoms in total. The van der Waals surface area contributed by atoms with Crippen molar-refractivity contribution in [1.29, 1.82) is 0 Å². The Hall–Kier alpha value is -0.490. The normalized spacial score (nSPS) is 31.6. The lowest BCUT2D eigenvalue weighted by Gasteiger charge is -2.31. The van der Waals surface area contributed by atoms with E-state index in [9.17, 15) is 18.0 Å². The Kier molecular flexibility index (Phi) is 5.92. The third-order valence-electron chi connectivity index (χ3n) is 3.91. The van der Waals surface area contributed by atoms with Crippen LogP contribution in [0.1, 0.15) is 32.1 Å². The quantitative estimate of drug-likeness (QED) is 0.821. The first-order valence-corrected chi connectivity index (χ1v) is 6.54. The van der Waals surface area contributed by atoms with Gasteiger partial charge in [0, 0.05) is 12.6 Å². The molecule has 112 valence electrons. The van der Waals surface area contributed by atoms with Crippen LogP contribution in [-0.4, -0.2) is 31.2 Å². The standard InChI is InChI=1S/C12H19F3N2O.ClH/c13-12(14,15)9-2-1-3-10(6-9)17-11(18)8-4-5-16-7-8;/h8-10,16H,1-7H2,(H,17,18);1H. The van der Waals surface area contributed by atoms with Crippen LogP contribution < -0.4 is 10.6 Å². The van der Waals surface area contributed by atoms with Crippen molar-refractivity contribution in [3.63, 3.8) is 0 Å². The minimum Gasteiger partial charge on any atom is -0.353 e. The lowest BCUT2D eigenvalue weighted by Crippen LogP contribution is -2.44. The van der Waals surface area contributed by atoms with Gasteiger partial charge in [0.15, 0.2) is 0 Å². The maximum Gasteiger partial charge on any atom is 0.391 e. The summed E-state index contributed by atoms with van der Waals surface area (Å²) in [6.45, 7) is 1.45. The lowest BCUT2D eigenvalue weighted by molar-refractivity contribution is -0.184. The summed E-state index contributed by atoms with van der Waals surface area (Å²) in [7, 11) is 0. The number of hydrogen-bond donors (Lipinski definition) is 2. The van der Waals surface area contributed by atoms with Gasteiger partial charge in [0.2, 0.25) is 5.91 Å². The van der Waals surface area contributed by atoms with Crippen molar-refractivity contribution in [2.24, 2.45) is 11.8 Å². The number of amides is 1. The maximum atomic E-state index is 12.6. The molecule has 3 atom stereocenters. The Balaban J connectivity index is 0.00000180. The molecular formula is C12H20ClF3N2O. The second-order valence-electron chi connectivity index (χ2n) is 5.30. The molecule has 0 aromatic rings. The van der Waals surface area contributed by atoms with E-state index in [0.29, 0.717) is 19.4 Å². The van der Waals surface area contributed by atoms with E-state index in [0.717, 1.165) is 13.0 Å². The minimum absolute atomic E-state index is 0. The first kappa shape index (κ1) is 16.6. The number of alkyl halides is 3. The summed E-state index contributed by atoms with van der Waals surface area (Å²) >= 11 is 0. The van der Waals surface area contributed by atoms with E-state index < -0.39 is 12.1 Å². The Morgan fingerprint density at radius 3 is 2.53 bits per heavy atom. The summed E-state index contributed by atoms with van der Waals surface area (Å²) in [6.07, 6.45) is -1.91. The molecule has 2 rings (SSSR count). The zero-order valence-corrected chi connectivity index (χ0v) is 11.4. The number of carbonyl (C=O) groups excluding carboxylic acids is 1. The average molecular weight is 301 g/mol. The van der Waals surface area contributed by atoms with E-state index in [4.69, 9.17) is 0 Å². The summed E-state index contributed by atoms with van der Waals surface area (Å²) < 4.78 is 37.9. The molecule has 2 N–H and O–H groups in total. The van der Waals surface area contributed by atoms with E-state index in [1.165, 1.54) is 0 Å². The van der Waals surface area contributed by atoms with Gasteiger partial charge >= 0.3 is 6.18 Å². The van der Waals surface area contributed by atoms with Crippen molar-refractivity contribution in [1.82, 2.24) is 10.6 Å². The van der Waals surface area contributed by atoms with Gasteiger partial charge in [0.25, 0.3) is 0 Å². The molecule has 0 aromatic heterocycles. The van der Waals surface area contributed by atoms with Gasteiger partial charge in [0.05, 0.1) is 11.8 Å². The number of carbonyl (C=O) groups is 1. The molecule has 3 unspecified atom stereocenters. The molecule has 0 aromatic carbocycles. The maximum absolute atomic E-state index is 12.6. The van der Waals surface area contributed by atoms with Crippen molar-refractivity contribution in [2.45, 2.75) is 44.3 Å². The summed E-state index contributed by atoms with van der Waals surface area (Å²) in [6, 6.07) is -0.307. The molecular weight excluding hydrogens is 281 g/mol. The van der Waals surface area contributed by atoms with Crippen LogP contribution in [0.2, 0.25) is 0 Å². The lowest BCUT2D eigenvalue weighted by atomic mass is 9.85. The SMILES string of the molecule is Cl.O=C(NC1CCCC(C(F)(F)F)C1)C1CCNC1. The van der Waals surface area contributed by atoms with Crippen LogP contribution in [0.25, 0.3) is 0 Å². The molecule has 1 heterocycles. The van der Waals surface area contributed by atoms with Gasteiger partial charge in [-0.05, 0) is 32.2 Å². The van der Waals surface area contributed by atoms with E-state index >= 15 is 0 Å². The molecule has 1 saturated carbocycles. The smallest absolute Gasteiger partial charge is 0.353 e. The van der Waals surface area contributed by atoms with Crippen molar-refractivity contribution in [2.75, 3.05) is 13.1 Å². The first-order valence-electron chi connectivity index (χ1n) is 6.54. The van der Waals surface area contributed by atoms with E-state index in [-0.39, 0.29) is 43.1 Å². The molecule has 0 radical (unpaired) electrons. The molecule has 1 amide bonds. The van der Waals surface area contributed by atoms with Crippen LogP contribution in [0.15, 0.2) is 0 Å². The molecule has 1 saturated heterocycles. The predicted molar refractivity (Wildman–Crippen MR) is 68.2 cm³/mol. The third kappa shape index (κ3) is 4.53. The molecule has 1 aliphatic carbocycles. The highest BCUT2D eigenvalue weighted by molar-refractivity contribution is 5.85. The van der Waals surface area contributed by atoms with Crippen molar-refractivity contribution in [3.05, 3.63) is 0 Å². The second kappa shape index (κ2) is 6.79. The fourth-order valence-corrected chi connectivity index (χ4v) is 2.82. The predicted octanol–water partition coefficient (Wildman–Crippen LogP) is 2.25. The Morgan fingerprint density at radius 1 is 1.21 bits per heavy atom. The van der Waals surface area contributed by atoms with E-state index in [1.807, 2.05) is 0 Å². The number of rotatable bonds is 2. The summed E-state index contributed by atoms with van der Waals surface area (Å²) in [5.41, 5.74) is 0. The van der Waals surface area contributed by atoms with Gasteiger partial charge in [-0.15, -0.1) is 12.4 Å². The molecule has 2 fully saturated rings. The van der Waals surface area contributed by atoms with Gasteiger partial charge in [0.1, 0.15) is 0 Å². The summed E-state index contributed by atoms with van der Waals surface area (Å²) in [5, 5.41) is 5.87. The molecule has 0 bridgehead atoms. The third-order valence-corrected chi connectivity index (χ3v) is 3.91. The van der Waals surface area contributed by atoms with Gasteiger partial charge in [-0.1, -0.05) is 6.42 Å². The highest BCUT2D eigenvalue weighted by atomic mass is 35.5. The van der Waals surface area contributed by atoms with Gasteiger partial charge in [-0.2, -0.15) is 13.2 Å². The zero-order valence-electron chi connectivity index (χ0n) is 10.6. The van der Waals surface area contributed by atoms with E-state index in [2.05, 4.69) is 10.6 Å². The van der Waals surface area contributed by atoms with Crippen molar-refractivity contribution >= 4 is 18.3 Å². The largest absolute Gasteiger partial charge is 0.391 e. The monoisotopic (exact) mass is 300 g/mol. The Morgan fingerprint density at radius 2 is 1.95 bits per heavy atom. The molecule has 1 aliphatic heterocycles. The number of halogens is 4. The molecule has 0 spiro atoms. The Labute approximate surface area is 117 Å². The van der Waals surface area contributed by atoms with Gasteiger partial charge in [-0.3, -0.25) is 4.79 Å². The van der Waals surface area contributed by atoms with E-state index in [1.54, 1.807) is 0 Å². The van der Waals surface area contributed by atoms with Crippen LogP contribution in [0.5, 0.6) is 0 Å². The molecule has 2 aliphatic rings. The topological polar surface area (TPSA) is 41.1 Å². The van der Waals surface area contributed by atoms with Crippen LogP contribution in [0.3, 0.4) is 0 Å². The Bertz CT molecular complexity index is 306. The molecule has 7 heteroatoms. The molecule has 19 heavy (non-hydrogen) atoms. The van der Waals surface area contributed by atoms with Crippen LogP contribution in [-0.2, 0) is 4.79 Å². The highest BCUT2D eigenvalue weighted by Gasteiger charge is 2.42. The second-order valence-corrected chi connectivity index (χ2v) is 5.30. The van der Waals surface area contributed by atoms with Crippen LogP contribution in [0.4, 0.5) is 13.2 Å². The first-order chi connectivity index (χ1) is 8.47. The average Bonchev–Trinajstić information content (AvgIpc) is 2.81. The summed E-state index contributed by atoms with van der Waals surface area (Å²) in [5.74, 6) is -1.41. The zero-order chi connectivity index (χ0) is 13.2. The minimum atomic E-state index is -4.13. The fourth-order valence-electron chi connectivity index (χ4n) is 2.82. The van der Waals surface area contributed by atoms with Crippen molar-refractivity contribution < 1.29 is 18.0 Å². The summed E-state index contributed by atoms with van der Waals surface area (Å²) in [4.78, 5) is 11.8. The van der Waals surface area contributed by atoms with Gasteiger partial charge in [-0.25, -0.2) is 0 Å². The number of nitrogens with one attached hydrogen (secondary N) is 2. The van der Waals surface area contributed by atoms with Crippen LogP contribution in [0, 0.1) is 11.8 Å². The van der Waals surface area contributed by atoms with Crippen molar-refractivity contribution in [3.8, 4) is 0 Å². The highest BCUT2D eigenvalue weighted by Crippen LogP contribution is 2.37.